The van der Waals surface area contributed by atoms with Gasteiger partial charge in [-0.1, -0.05) is 20.8 Å². The van der Waals surface area contributed by atoms with Gasteiger partial charge in [0, 0.05) is 6.04 Å². The normalized spacial score (nSPS) is 14.8. The average molecular weight is 189 g/mol. The van der Waals surface area contributed by atoms with Crippen molar-refractivity contribution in [2.45, 2.75) is 46.6 Å². The second kappa shape index (κ2) is 5.87. The lowest BCUT2D eigenvalue weighted by Crippen LogP contribution is -2.15. The molecule has 0 rings (SSSR count). The number of hydrogen-bond acceptors (Lipinski definition) is 2. The quantitative estimate of drug-likeness (QED) is 0.673. The minimum atomic E-state index is 0.368. The highest BCUT2D eigenvalue weighted by Gasteiger charge is 2.08. The first-order chi connectivity index (χ1) is 5.42. The molecular formula is C10H23NS. The smallest absolute Gasteiger partial charge is 0.00183 e. The molecule has 2 N–H and O–H groups in total. The van der Waals surface area contributed by atoms with Crippen LogP contribution in [0.25, 0.3) is 0 Å². The topological polar surface area (TPSA) is 26.0 Å². The summed E-state index contributed by atoms with van der Waals surface area (Å²) in [5.74, 6) is 2.49. The lowest BCUT2D eigenvalue weighted by molar-refractivity contribution is 0.401. The maximum Gasteiger partial charge on any atom is 0.00183 e. The first-order valence-corrected chi connectivity index (χ1v) is 5.90. The fourth-order valence-electron chi connectivity index (χ4n) is 0.750. The van der Waals surface area contributed by atoms with Crippen LogP contribution in [0, 0.1) is 5.41 Å². The van der Waals surface area contributed by atoms with Gasteiger partial charge in [0.1, 0.15) is 0 Å². The molecule has 0 aromatic rings. The Morgan fingerprint density at radius 3 is 2.25 bits per heavy atom. The van der Waals surface area contributed by atoms with Crippen LogP contribution >= 0.6 is 11.8 Å². The van der Waals surface area contributed by atoms with Crippen LogP contribution in [0.3, 0.4) is 0 Å². The Morgan fingerprint density at radius 2 is 1.83 bits per heavy atom. The van der Waals surface area contributed by atoms with E-state index in [1.54, 1.807) is 0 Å². The summed E-state index contributed by atoms with van der Waals surface area (Å²) in [6.45, 7) is 8.95. The summed E-state index contributed by atoms with van der Waals surface area (Å²) in [5.41, 5.74) is 6.13. The van der Waals surface area contributed by atoms with E-state index in [1.165, 1.54) is 17.9 Å². The van der Waals surface area contributed by atoms with Crippen LogP contribution < -0.4 is 5.73 Å². The molecule has 0 aliphatic heterocycles. The molecule has 2 heteroatoms. The van der Waals surface area contributed by atoms with Gasteiger partial charge < -0.3 is 5.73 Å². The highest BCUT2D eigenvalue weighted by Crippen LogP contribution is 2.21. The van der Waals surface area contributed by atoms with Gasteiger partial charge in [0.05, 0.1) is 0 Å². The molecule has 0 amide bonds. The van der Waals surface area contributed by atoms with Crippen molar-refractivity contribution in [3.8, 4) is 0 Å². The van der Waals surface area contributed by atoms with Gasteiger partial charge in [-0.25, -0.2) is 0 Å². The van der Waals surface area contributed by atoms with E-state index in [9.17, 15) is 0 Å². The van der Waals surface area contributed by atoms with Crippen molar-refractivity contribution in [1.82, 2.24) is 0 Å². The van der Waals surface area contributed by atoms with E-state index in [0.29, 0.717) is 11.5 Å². The molecule has 0 spiro atoms. The fourth-order valence-corrected chi connectivity index (χ4v) is 2.25. The zero-order valence-corrected chi connectivity index (χ0v) is 9.71. The van der Waals surface area contributed by atoms with Crippen LogP contribution in [-0.4, -0.2) is 17.5 Å². The molecule has 0 heterocycles. The number of nitrogens with two attached hydrogens (primary N) is 1. The van der Waals surface area contributed by atoms with E-state index in [2.05, 4.69) is 27.7 Å². The van der Waals surface area contributed by atoms with Crippen molar-refractivity contribution in [3.05, 3.63) is 0 Å². The lowest BCUT2D eigenvalue weighted by atomic mass is 9.94. The van der Waals surface area contributed by atoms with Crippen LogP contribution in [0.15, 0.2) is 0 Å². The molecule has 0 fully saturated rings. The van der Waals surface area contributed by atoms with Crippen LogP contribution in [0.5, 0.6) is 0 Å². The van der Waals surface area contributed by atoms with Crippen LogP contribution in [0.4, 0.5) is 0 Å². The Bertz CT molecular complexity index is 105. The average Bonchev–Trinajstić information content (AvgIpc) is 1.83. The second-order valence-corrected chi connectivity index (χ2v) is 5.91. The van der Waals surface area contributed by atoms with Crippen molar-refractivity contribution in [2.75, 3.05) is 11.5 Å². The molecule has 0 aliphatic carbocycles. The van der Waals surface area contributed by atoms with Crippen molar-refractivity contribution in [3.63, 3.8) is 0 Å². The third kappa shape index (κ3) is 10.3. The first kappa shape index (κ1) is 12.3. The molecule has 74 valence electrons. The van der Waals surface area contributed by atoms with E-state index >= 15 is 0 Å². The summed E-state index contributed by atoms with van der Waals surface area (Å²) in [6, 6.07) is 0.368. The zero-order chi connectivity index (χ0) is 9.61. The van der Waals surface area contributed by atoms with E-state index < -0.39 is 0 Å². The lowest BCUT2D eigenvalue weighted by Gasteiger charge is -2.17. The fraction of sp³-hybridized carbons (Fsp3) is 1.00. The van der Waals surface area contributed by atoms with Crippen molar-refractivity contribution in [2.24, 2.45) is 11.1 Å². The molecular weight excluding hydrogens is 166 g/mol. The summed E-state index contributed by atoms with van der Waals surface area (Å²) < 4.78 is 0. The van der Waals surface area contributed by atoms with Crippen LogP contribution in [-0.2, 0) is 0 Å². The van der Waals surface area contributed by atoms with Crippen LogP contribution in [0.1, 0.15) is 40.5 Å². The summed E-state index contributed by atoms with van der Waals surface area (Å²) >= 11 is 2.03. The number of rotatable bonds is 5. The molecule has 0 aliphatic rings. The monoisotopic (exact) mass is 189 g/mol. The predicted octanol–water partition coefficient (Wildman–Crippen LogP) is 2.89. The molecule has 1 nitrogen and oxygen atoms in total. The van der Waals surface area contributed by atoms with Crippen LogP contribution in [0.2, 0.25) is 0 Å². The van der Waals surface area contributed by atoms with Crippen molar-refractivity contribution >= 4 is 11.8 Å². The Morgan fingerprint density at radius 1 is 1.25 bits per heavy atom. The third-order valence-electron chi connectivity index (χ3n) is 1.71. The molecule has 1 atom stereocenters. The maximum absolute atomic E-state index is 5.65. The van der Waals surface area contributed by atoms with Gasteiger partial charge in [0.15, 0.2) is 0 Å². The number of hydrogen-bond donors (Lipinski definition) is 1. The van der Waals surface area contributed by atoms with E-state index in [4.69, 9.17) is 5.73 Å². The van der Waals surface area contributed by atoms with Gasteiger partial charge in [-0.05, 0) is 36.7 Å². The van der Waals surface area contributed by atoms with Gasteiger partial charge in [0.2, 0.25) is 0 Å². The Kier molecular flexibility index (Phi) is 6.02. The summed E-state index contributed by atoms with van der Waals surface area (Å²) in [5, 5.41) is 0. The van der Waals surface area contributed by atoms with E-state index in [1.807, 2.05) is 11.8 Å². The highest BCUT2D eigenvalue weighted by molar-refractivity contribution is 7.99. The predicted molar refractivity (Wildman–Crippen MR) is 59.7 cm³/mol. The van der Waals surface area contributed by atoms with E-state index in [0.717, 1.165) is 6.42 Å². The highest BCUT2D eigenvalue weighted by atomic mass is 32.2. The molecule has 1 unspecified atom stereocenters. The molecule has 0 saturated heterocycles. The van der Waals surface area contributed by atoms with Gasteiger partial charge in [0.25, 0.3) is 0 Å². The minimum absolute atomic E-state index is 0.368. The van der Waals surface area contributed by atoms with Gasteiger partial charge in [-0.2, -0.15) is 11.8 Å². The van der Waals surface area contributed by atoms with Gasteiger partial charge >= 0.3 is 0 Å². The SMILES string of the molecule is CC(N)CCSCCC(C)(C)C. The first-order valence-electron chi connectivity index (χ1n) is 4.75. The Hall–Kier alpha value is 0.310. The maximum atomic E-state index is 5.65. The van der Waals surface area contributed by atoms with Crippen molar-refractivity contribution < 1.29 is 0 Å². The molecule has 0 saturated carbocycles. The molecule has 0 aromatic heterocycles. The summed E-state index contributed by atoms with van der Waals surface area (Å²) in [7, 11) is 0. The minimum Gasteiger partial charge on any atom is -0.328 e. The van der Waals surface area contributed by atoms with Crippen molar-refractivity contribution in [1.29, 1.82) is 0 Å². The molecule has 12 heavy (non-hydrogen) atoms. The molecule has 0 aromatic carbocycles. The standard InChI is InChI=1S/C10H23NS/c1-9(11)5-7-12-8-6-10(2,3)4/h9H,5-8,11H2,1-4H3. The Labute approximate surface area is 81.5 Å². The molecule has 0 radical (unpaired) electrons. The summed E-state index contributed by atoms with van der Waals surface area (Å²) in [6.07, 6.45) is 2.45. The van der Waals surface area contributed by atoms with Gasteiger partial charge in [-0.15, -0.1) is 0 Å². The zero-order valence-electron chi connectivity index (χ0n) is 8.89. The largest absolute Gasteiger partial charge is 0.328 e. The number of thioether (sulfide) groups is 1. The molecule has 0 bridgehead atoms. The van der Waals surface area contributed by atoms with Gasteiger partial charge in [-0.3, -0.25) is 0 Å². The third-order valence-corrected chi connectivity index (χ3v) is 2.73. The Balaban J connectivity index is 3.12. The van der Waals surface area contributed by atoms with E-state index in [-0.39, 0.29) is 0 Å². The second-order valence-electron chi connectivity index (χ2n) is 4.69. The summed E-state index contributed by atoms with van der Waals surface area (Å²) in [4.78, 5) is 0.